The van der Waals surface area contributed by atoms with Gasteiger partial charge in [0.25, 0.3) is 0 Å². The molecule has 0 bridgehead atoms. The molecule has 1 aromatic heterocycles. The third kappa shape index (κ3) is 5.88. The van der Waals surface area contributed by atoms with Crippen molar-refractivity contribution in [3.05, 3.63) is 77.0 Å². The Morgan fingerprint density at radius 3 is 2.56 bits per heavy atom. The molecule has 2 saturated carbocycles. The number of pyridine rings is 1. The van der Waals surface area contributed by atoms with Crippen LogP contribution in [0.5, 0.6) is 17.4 Å². The highest BCUT2D eigenvalue weighted by atomic mass is 16.5. The number of rotatable bonds is 8. The number of hydrogen-bond donors (Lipinski definition) is 1. The van der Waals surface area contributed by atoms with Crippen LogP contribution in [0.2, 0.25) is 0 Å². The van der Waals surface area contributed by atoms with Crippen LogP contribution in [-0.4, -0.2) is 58.0 Å². The van der Waals surface area contributed by atoms with Gasteiger partial charge in [0.2, 0.25) is 0 Å². The Hall–Kier alpha value is -3.09. The number of aliphatic hydroxyl groups excluding tert-OH is 1. The lowest BCUT2D eigenvalue weighted by molar-refractivity contribution is -0.884. The number of fused-ring (bicyclic) bond motifs is 5. The van der Waals surface area contributed by atoms with Crippen molar-refractivity contribution < 1.29 is 23.6 Å². The van der Waals surface area contributed by atoms with E-state index in [0.29, 0.717) is 24.3 Å². The minimum absolute atomic E-state index is 0.114. The van der Waals surface area contributed by atoms with Crippen LogP contribution >= 0.6 is 0 Å². The molecule has 230 valence electrons. The second-order valence-corrected chi connectivity index (χ2v) is 14.9. The van der Waals surface area contributed by atoms with Crippen LogP contribution in [0.15, 0.2) is 54.7 Å². The molecular weight excluding hydrogens is 534 g/mol. The lowest BCUT2D eigenvalue weighted by Crippen LogP contribution is -2.43. The van der Waals surface area contributed by atoms with Crippen LogP contribution in [0.1, 0.15) is 67.2 Å². The van der Waals surface area contributed by atoms with Gasteiger partial charge in [0, 0.05) is 31.3 Å². The largest absolute Gasteiger partial charge is 0.496 e. The molecule has 0 amide bonds. The van der Waals surface area contributed by atoms with Crippen LogP contribution < -0.4 is 18.9 Å². The summed E-state index contributed by atoms with van der Waals surface area (Å²) in [7, 11) is 12.5. The van der Waals surface area contributed by atoms with Crippen molar-refractivity contribution in [1.29, 1.82) is 0 Å². The molecule has 6 rings (SSSR count). The zero-order chi connectivity index (χ0) is 30.5. The Labute approximate surface area is 258 Å². The average Bonchev–Trinajstić information content (AvgIpc) is 3.27. The topological polar surface area (TPSA) is 45.8 Å². The Kier molecular flexibility index (Phi) is 7.97. The second-order valence-electron chi connectivity index (χ2n) is 14.9. The lowest BCUT2D eigenvalue weighted by Gasteiger charge is -2.50. The fourth-order valence-electron chi connectivity index (χ4n) is 8.44. The molecule has 3 aliphatic carbocycles. The van der Waals surface area contributed by atoms with Crippen LogP contribution in [0.3, 0.4) is 0 Å². The molecule has 43 heavy (non-hydrogen) atoms. The van der Waals surface area contributed by atoms with Gasteiger partial charge in [-0.15, -0.1) is 0 Å². The summed E-state index contributed by atoms with van der Waals surface area (Å²) in [6, 6.07) is 17.6. The normalized spacial score (nSPS) is 26.3. The van der Waals surface area contributed by atoms with Gasteiger partial charge < -0.3 is 24.0 Å². The number of hydrogen-bond acceptors (Lipinski definition) is 4. The zero-order valence-electron chi connectivity index (χ0n) is 27.3. The van der Waals surface area contributed by atoms with Crippen molar-refractivity contribution in [2.24, 2.45) is 17.3 Å². The van der Waals surface area contributed by atoms with E-state index >= 15 is 0 Å². The molecule has 0 saturated heterocycles. The van der Waals surface area contributed by atoms with Gasteiger partial charge in [0.15, 0.2) is 12.7 Å². The van der Waals surface area contributed by atoms with Gasteiger partial charge in [-0.05, 0) is 97.1 Å². The average molecular weight is 586 g/mol. The van der Waals surface area contributed by atoms with Crippen molar-refractivity contribution >= 4 is 5.69 Å². The first-order chi connectivity index (χ1) is 20.4. The number of quaternary nitrogens is 1. The zero-order valence-corrected chi connectivity index (χ0v) is 27.3. The maximum absolute atomic E-state index is 10.8. The van der Waals surface area contributed by atoms with Gasteiger partial charge in [-0.1, -0.05) is 19.1 Å². The van der Waals surface area contributed by atoms with Crippen LogP contribution in [0, 0.1) is 17.3 Å². The van der Waals surface area contributed by atoms with E-state index in [1.165, 1.54) is 41.5 Å². The smallest absolute Gasteiger partial charge is 0.375 e. The number of aryl methyl sites for hydroxylation is 1. The predicted octanol–water partition coefficient (Wildman–Crippen LogP) is 6.31. The summed E-state index contributed by atoms with van der Waals surface area (Å²) in [5.74, 6) is 4.61. The molecule has 5 atom stereocenters. The second kappa shape index (κ2) is 11.4. The molecular formula is C37H51N3O3+2. The highest BCUT2D eigenvalue weighted by Gasteiger charge is 2.54. The van der Waals surface area contributed by atoms with Gasteiger partial charge in [-0.2, -0.15) is 4.57 Å². The quantitative estimate of drug-likeness (QED) is 0.249. The standard InChI is InChI=1S/C37H51N3O3/c1-37-18-16-31-30-13-11-29(21-26(30)10-12-32(31)33(37)14-15-35(37)41)43-36-22-28(38(2)3)17-19-39(36)23-25-8-9-27(24-40(4,5)6)34(20-25)42-7/h8-9,11,13,17,19-22,31-33,35,41H,10,12,14-16,18,23-24H2,1-7H3/q+2/t31-,32-,33+,35+,37+/m1/s1. The third-order valence-electron chi connectivity index (χ3n) is 10.7. The first-order valence-corrected chi connectivity index (χ1v) is 16.1. The van der Waals surface area contributed by atoms with E-state index in [1.54, 1.807) is 7.11 Å². The molecule has 1 N–H and O–H groups in total. The monoisotopic (exact) mass is 585 g/mol. The van der Waals surface area contributed by atoms with Gasteiger partial charge in [-0.3, -0.25) is 0 Å². The fourth-order valence-corrected chi connectivity index (χ4v) is 8.44. The number of aliphatic hydroxyl groups is 1. The Morgan fingerprint density at radius 2 is 1.81 bits per heavy atom. The molecule has 0 aliphatic heterocycles. The van der Waals surface area contributed by atoms with Crippen LogP contribution in [0.25, 0.3) is 0 Å². The number of nitrogens with zero attached hydrogens (tertiary/aromatic N) is 3. The summed E-state index contributed by atoms with van der Waals surface area (Å²) in [5, 5.41) is 10.8. The van der Waals surface area contributed by atoms with Gasteiger partial charge in [0.05, 0.1) is 46.1 Å². The molecule has 2 fully saturated rings. The van der Waals surface area contributed by atoms with E-state index in [1.807, 2.05) is 0 Å². The number of aromatic nitrogens is 1. The SMILES string of the molecule is COc1cc(C[n+]2ccc(N(C)C)cc2Oc2ccc3c(c2)CC[C@@H]2[C@@H]3CC[C@]3(C)[C@@H](O)CC[C@@H]23)ccc1C[N+](C)(C)C. The van der Waals surface area contributed by atoms with E-state index in [4.69, 9.17) is 9.47 Å². The highest BCUT2D eigenvalue weighted by Crippen LogP contribution is 2.61. The molecule has 3 aromatic rings. The summed E-state index contributed by atoms with van der Waals surface area (Å²) in [6.45, 7) is 3.94. The van der Waals surface area contributed by atoms with Crippen molar-refractivity contribution in [3.63, 3.8) is 0 Å². The van der Waals surface area contributed by atoms with E-state index in [0.717, 1.165) is 53.4 Å². The molecule has 1 heterocycles. The van der Waals surface area contributed by atoms with Crippen molar-refractivity contribution in [2.75, 3.05) is 47.2 Å². The van der Waals surface area contributed by atoms with Crippen LogP contribution in [0.4, 0.5) is 5.69 Å². The molecule has 2 aromatic carbocycles. The number of methoxy groups -OCH3 is 1. The van der Waals surface area contributed by atoms with E-state index in [-0.39, 0.29) is 11.5 Å². The summed E-state index contributed by atoms with van der Waals surface area (Å²) in [6.07, 6.45) is 8.78. The Balaban J connectivity index is 1.25. The third-order valence-corrected chi connectivity index (χ3v) is 10.7. The highest BCUT2D eigenvalue weighted by molar-refractivity contribution is 5.47. The van der Waals surface area contributed by atoms with E-state index in [2.05, 4.69) is 106 Å². The minimum atomic E-state index is -0.123. The maximum atomic E-state index is 10.8. The first-order valence-electron chi connectivity index (χ1n) is 16.1. The maximum Gasteiger partial charge on any atom is 0.375 e. The minimum Gasteiger partial charge on any atom is -0.496 e. The van der Waals surface area contributed by atoms with E-state index in [9.17, 15) is 5.11 Å². The Bertz CT molecular complexity index is 1480. The molecule has 0 spiro atoms. The van der Waals surface area contributed by atoms with Gasteiger partial charge in [0.1, 0.15) is 18.0 Å². The van der Waals surface area contributed by atoms with Gasteiger partial charge >= 0.3 is 5.88 Å². The molecule has 0 radical (unpaired) electrons. The van der Waals surface area contributed by atoms with Crippen molar-refractivity contribution in [2.45, 2.75) is 70.6 Å². The summed E-state index contributed by atoms with van der Waals surface area (Å²) < 4.78 is 15.5. The summed E-state index contributed by atoms with van der Waals surface area (Å²) >= 11 is 0. The Morgan fingerprint density at radius 1 is 1.00 bits per heavy atom. The van der Waals surface area contributed by atoms with Crippen molar-refractivity contribution in [1.82, 2.24) is 0 Å². The summed E-state index contributed by atoms with van der Waals surface area (Å²) in [5.41, 5.74) is 6.56. The van der Waals surface area contributed by atoms with Gasteiger partial charge in [-0.25, -0.2) is 0 Å². The molecule has 6 heteroatoms. The first kappa shape index (κ1) is 30.0. The van der Waals surface area contributed by atoms with E-state index < -0.39 is 0 Å². The molecule has 3 aliphatic rings. The fraction of sp³-hybridized carbons (Fsp3) is 0.541. The lowest BCUT2D eigenvalue weighted by atomic mass is 9.55. The van der Waals surface area contributed by atoms with Crippen molar-refractivity contribution in [3.8, 4) is 17.4 Å². The molecule has 0 unspecified atom stereocenters. The number of anilines is 1. The molecule has 6 nitrogen and oxygen atoms in total. The number of benzene rings is 2. The van der Waals surface area contributed by atoms with Crippen LogP contribution in [-0.2, 0) is 19.5 Å². The predicted molar refractivity (Wildman–Crippen MR) is 172 cm³/mol. The summed E-state index contributed by atoms with van der Waals surface area (Å²) in [4.78, 5) is 2.11. The number of ether oxygens (including phenoxy) is 2.